The topological polar surface area (TPSA) is 54.4 Å². The summed E-state index contributed by atoms with van der Waals surface area (Å²) in [5.74, 6) is -0.623. The molecule has 0 amide bonds. The third kappa shape index (κ3) is 2.29. The van der Waals surface area contributed by atoms with Gasteiger partial charge in [-0.25, -0.2) is 0 Å². The van der Waals surface area contributed by atoms with Gasteiger partial charge in [0.1, 0.15) is 5.78 Å². The molecule has 0 saturated heterocycles. The Balaban J connectivity index is 2.71. The van der Waals surface area contributed by atoms with E-state index < -0.39 is 11.9 Å². The number of aliphatic carboxylic acids is 1. The van der Waals surface area contributed by atoms with Gasteiger partial charge in [-0.15, -0.1) is 0 Å². The number of rotatable bonds is 2. The van der Waals surface area contributed by atoms with Crippen LogP contribution in [0.25, 0.3) is 0 Å². The summed E-state index contributed by atoms with van der Waals surface area (Å²) < 4.78 is 0. The number of Topliss-reactive ketones (excluding diaryl/α,β-unsaturated/α-hetero) is 1. The average molecular weight is 184 g/mol. The molecule has 1 rings (SSSR count). The Morgan fingerprint density at radius 2 is 2.15 bits per heavy atom. The fourth-order valence-electron chi connectivity index (χ4n) is 2.10. The van der Waals surface area contributed by atoms with Gasteiger partial charge in [-0.05, 0) is 18.3 Å². The van der Waals surface area contributed by atoms with Gasteiger partial charge < -0.3 is 5.11 Å². The lowest BCUT2D eigenvalue weighted by Gasteiger charge is -2.30. The van der Waals surface area contributed by atoms with Gasteiger partial charge in [0.25, 0.3) is 0 Å². The van der Waals surface area contributed by atoms with Crippen LogP contribution in [0.2, 0.25) is 0 Å². The van der Waals surface area contributed by atoms with Crippen molar-refractivity contribution in [1.82, 2.24) is 0 Å². The molecule has 1 aliphatic rings. The second-order valence-electron chi connectivity index (χ2n) is 4.13. The Hall–Kier alpha value is -0.860. The van der Waals surface area contributed by atoms with Gasteiger partial charge in [0.15, 0.2) is 0 Å². The Morgan fingerprint density at radius 1 is 1.54 bits per heavy atom. The number of carbonyl (C=O) groups excluding carboxylic acids is 1. The molecule has 13 heavy (non-hydrogen) atoms. The van der Waals surface area contributed by atoms with Crippen LogP contribution in [0.5, 0.6) is 0 Å². The fraction of sp³-hybridized carbons (Fsp3) is 0.800. The molecule has 3 heteroatoms. The molecule has 0 radical (unpaired) electrons. The molecule has 1 aliphatic carbocycles. The molecule has 0 aromatic rings. The number of carboxylic acid groups (broad SMARTS) is 1. The monoisotopic (exact) mass is 184 g/mol. The lowest BCUT2D eigenvalue weighted by atomic mass is 9.73. The van der Waals surface area contributed by atoms with Gasteiger partial charge in [-0.3, -0.25) is 9.59 Å². The van der Waals surface area contributed by atoms with Crippen molar-refractivity contribution in [3.63, 3.8) is 0 Å². The molecular weight excluding hydrogens is 168 g/mol. The third-order valence-electron chi connectivity index (χ3n) is 2.89. The number of carboxylic acids is 1. The first kappa shape index (κ1) is 10.2. The van der Waals surface area contributed by atoms with Crippen molar-refractivity contribution >= 4 is 11.8 Å². The zero-order valence-corrected chi connectivity index (χ0v) is 8.12. The Kier molecular flexibility index (Phi) is 3.07. The second-order valence-corrected chi connectivity index (χ2v) is 4.13. The third-order valence-corrected chi connectivity index (χ3v) is 2.89. The highest BCUT2D eigenvalue weighted by molar-refractivity contribution is 5.85. The van der Waals surface area contributed by atoms with Crippen molar-refractivity contribution in [3.8, 4) is 0 Å². The van der Waals surface area contributed by atoms with Gasteiger partial charge in [0.05, 0.1) is 5.92 Å². The van der Waals surface area contributed by atoms with Gasteiger partial charge in [-0.2, -0.15) is 0 Å². The van der Waals surface area contributed by atoms with Gasteiger partial charge >= 0.3 is 5.97 Å². The molecule has 1 N–H and O–H groups in total. The normalized spacial score (nSPS) is 29.3. The summed E-state index contributed by atoms with van der Waals surface area (Å²) in [4.78, 5) is 21.9. The average Bonchev–Trinajstić information content (AvgIpc) is 2.03. The number of hydrogen-bond acceptors (Lipinski definition) is 2. The predicted octanol–water partition coefficient (Wildman–Crippen LogP) is 1.71. The minimum absolute atomic E-state index is 0.101. The molecule has 1 saturated carbocycles. The molecule has 3 nitrogen and oxygen atoms in total. The molecule has 0 aliphatic heterocycles. The van der Waals surface area contributed by atoms with Crippen LogP contribution in [-0.4, -0.2) is 16.9 Å². The van der Waals surface area contributed by atoms with E-state index in [9.17, 15) is 9.59 Å². The quantitative estimate of drug-likeness (QED) is 0.710. The number of hydrogen-bond donors (Lipinski definition) is 1. The van der Waals surface area contributed by atoms with Crippen molar-refractivity contribution < 1.29 is 14.7 Å². The Morgan fingerprint density at radius 3 is 2.62 bits per heavy atom. The van der Waals surface area contributed by atoms with E-state index >= 15 is 0 Å². The van der Waals surface area contributed by atoms with E-state index in [1.807, 2.05) is 13.8 Å². The minimum atomic E-state index is -0.813. The van der Waals surface area contributed by atoms with Gasteiger partial charge in [0, 0.05) is 12.8 Å². The summed E-state index contributed by atoms with van der Waals surface area (Å²) in [7, 11) is 0. The molecule has 0 aromatic heterocycles. The van der Waals surface area contributed by atoms with E-state index in [4.69, 9.17) is 5.11 Å². The van der Waals surface area contributed by atoms with E-state index in [2.05, 4.69) is 0 Å². The van der Waals surface area contributed by atoms with E-state index in [1.165, 1.54) is 0 Å². The van der Waals surface area contributed by atoms with Gasteiger partial charge in [0.2, 0.25) is 0 Å². The predicted molar refractivity (Wildman–Crippen MR) is 48.3 cm³/mol. The summed E-state index contributed by atoms with van der Waals surface area (Å²) in [5, 5.41) is 8.92. The van der Waals surface area contributed by atoms with Crippen molar-refractivity contribution in [2.75, 3.05) is 0 Å². The minimum Gasteiger partial charge on any atom is -0.481 e. The Labute approximate surface area is 78.1 Å². The highest BCUT2D eigenvalue weighted by Gasteiger charge is 2.35. The maximum absolute atomic E-state index is 11.1. The lowest BCUT2D eigenvalue weighted by Crippen LogP contribution is -2.33. The summed E-state index contributed by atoms with van der Waals surface area (Å²) in [6.45, 7) is 4.05. The Bertz CT molecular complexity index is 220. The van der Waals surface area contributed by atoms with Crippen LogP contribution < -0.4 is 0 Å². The summed E-state index contributed by atoms with van der Waals surface area (Å²) >= 11 is 0. The highest BCUT2D eigenvalue weighted by atomic mass is 16.4. The van der Waals surface area contributed by atoms with Crippen molar-refractivity contribution in [3.05, 3.63) is 0 Å². The van der Waals surface area contributed by atoms with Crippen LogP contribution in [0.15, 0.2) is 0 Å². The van der Waals surface area contributed by atoms with Crippen molar-refractivity contribution in [2.45, 2.75) is 33.1 Å². The van der Waals surface area contributed by atoms with Crippen LogP contribution in [0.4, 0.5) is 0 Å². The van der Waals surface area contributed by atoms with Crippen LogP contribution >= 0.6 is 0 Å². The van der Waals surface area contributed by atoms with Crippen LogP contribution in [-0.2, 0) is 9.59 Å². The van der Waals surface area contributed by atoms with E-state index in [1.54, 1.807) is 0 Å². The molecule has 74 valence electrons. The smallest absolute Gasteiger partial charge is 0.307 e. The molecule has 0 bridgehead atoms. The molecule has 1 fully saturated rings. The fourth-order valence-corrected chi connectivity index (χ4v) is 2.10. The largest absolute Gasteiger partial charge is 0.481 e. The highest BCUT2D eigenvalue weighted by Crippen LogP contribution is 2.33. The molecule has 0 aromatic carbocycles. The SMILES string of the molecule is CC(C)[C@@H]1CCC(=O)C[C@H]1C(=O)O. The summed E-state index contributed by atoms with van der Waals surface area (Å²) in [6, 6.07) is 0. The van der Waals surface area contributed by atoms with E-state index in [0.29, 0.717) is 12.3 Å². The van der Waals surface area contributed by atoms with Crippen molar-refractivity contribution in [2.24, 2.45) is 17.8 Å². The summed E-state index contributed by atoms with van der Waals surface area (Å²) in [6.07, 6.45) is 1.54. The first-order valence-corrected chi connectivity index (χ1v) is 4.77. The zero-order valence-electron chi connectivity index (χ0n) is 8.12. The molecule has 0 heterocycles. The first-order chi connectivity index (χ1) is 6.02. The van der Waals surface area contributed by atoms with Gasteiger partial charge in [-0.1, -0.05) is 13.8 Å². The van der Waals surface area contributed by atoms with Crippen molar-refractivity contribution in [1.29, 1.82) is 0 Å². The maximum atomic E-state index is 11.1. The maximum Gasteiger partial charge on any atom is 0.307 e. The number of carbonyl (C=O) groups is 2. The number of ketones is 1. The van der Waals surface area contributed by atoms with E-state index in [0.717, 1.165) is 6.42 Å². The summed E-state index contributed by atoms with van der Waals surface area (Å²) in [5.41, 5.74) is 0. The lowest BCUT2D eigenvalue weighted by molar-refractivity contribution is -0.148. The first-order valence-electron chi connectivity index (χ1n) is 4.77. The molecular formula is C10H16O3. The van der Waals surface area contributed by atoms with Crippen LogP contribution in [0, 0.1) is 17.8 Å². The van der Waals surface area contributed by atoms with E-state index in [-0.39, 0.29) is 18.1 Å². The molecule has 0 spiro atoms. The standard InChI is InChI=1S/C10H16O3/c1-6(2)8-4-3-7(11)5-9(8)10(12)13/h6,8-9H,3-5H2,1-2H3,(H,12,13)/t8-,9+/m0/s1. The zero-order chi connectivity index (χ0) is 10.0. The molecule has 0 unspecified atom stereocenters. The van der Waals surface area contributed by atoms with Crippen LogP contribution in [0.3, 0.4) is 0 Å². The molecule has 2 atom stereocenters. The second kappa shape index (κ2) is 3.90. The van der Waals surface area contributed by atoms with Crippen LogP contribution in [0.1, 0.15) is 33.1 Å².